The summed E-state index contributed by atoms with van der Waals surface area (Å²) in [6.07, 6.45) is 1.37. The van der Waals surface area contributed by atoms with E-state index in [0.717, 1.165) is 45.2 Å². The van der Waals surface area contributed by atoms with Gasteiger partial charge in [0.05, 0.1) is 26.3 Å². The summed E-state index contributed by atoms with van der Waals surface area (Å²) in [7, 11) is 3.34. The molecule has 6 rings (SSSR count). The second kappa shape index (κ2) is 13.1. The molecule has 0 saturated heterocycles. The van der Waals surface area contributed by atoms with E-state index in [1.54, 1.807) is 14.2 Å². The zero-order valence-corrected chi connectivity index (χ0v) is 25.5. The fourth-order valence-corrected chi connectivity index (χ4v) is 6.14. The van der Waals surface area contributed by atoms with Gasteiger partial charge in [-0.15, -0.1) is 0 Å². The quantitative estimate of drug-likeness (QED) is 0.190. The van der Waals surface area contributed by atoms with Crippen molar-refractivity contribution in [2.24, 2.45) is 0 Å². The smallest absolute Gasteiger partial charge is 0.318 e. The summed E-state index contributed by atoms with van der Waals surface area (Å²) >= 11 is 0. The Bertz CT molecular complexity index is 1730. The summed E-state index contributed by atoms with van der Waals surface area (Å²) in [4.78, 5) is 16.1. The summed E-state index contributed by atoms with van der Waals surface area (Å²) in [6.45, 7) is 3.07. The van der Waals surface area contributed by atoms with Crippen LogP contribution >= 0.6 is 0 Å². The SMILES string of the molecule is COc1ccc(C[C@@H]2c3cc(OCc4ccccc4)c(OC)cc3CCN2C(=O)N[C@H](C)c2cccc3ccccc23)cc1. The third-order valence-corrected chi connectivity index (χ3v) is 8.50. The van der Waals surface area contributed by atoms with Gasteiger partial charge < -0.3 is 24.4 Å². The van der Waals surface area contributed by atoms with Gasteiger partial charge in [-0.2, -0.15) is 0 Å². The summed E-state index contributed by atoms with van der Waals surface area (Å²) in [5, 5.41) is 5.62. The molecule has 1 N–H and O–H groups in total. The highest BCUT2D eigenvalue weighted by molar-refractivity contribution is 5.87. The topological polar surface area (TPSA) is 60.0 Å². The molecule has 6 heteroatoms. The molecule has 1 aliphatic rings. The van der Waals surface area contributed by atoms with E-state index in [4.69, 9.17) is 14.2 Å². The van der Waals surface area contributed by atoms with Gasteiger partial charge in [-0.1, -0.05) is 84.9 Å². The second-order valence-electron chi connectivity index (χ2n) is 11.2. The molecule has 5 aromatic carbocycles. The van der Waals surface area contributed by atoms with Crippen LogP contribution in [0.4, 0.5) is 4.79 Å². The number of hydrogen-bond acceptors (Lipinski definition) is 4. The number of amides is 2. The minimum absolute atomic E-state index is 0.0860. The van der Waals surface area contributed by atoms with Crippen LogP contribution < -0.4 is 19.5 Å². The van der Waals surface area contributed by atoms with Crippen LogP contribution in [0.15, 0.2) is 109 Å². The van der Waals surface area contributed by atoms with E-state index in [1.807, 2.05) is 65.6 Å². The average Bonchev–Trinajstić information content (AvgIpc) is 3.07. The first-order chi connectivity index (χ1) is 21.5. The molecule has 44 heavy (non-hydrogen) atoms. The Balaban J connectivity index is 1.32. The Morgan fingerprint density at radius 2 is 1.59 bits per heavy atom. The predicted molar refractivity (Wildman–Crippen MR) is 175 cm³/mol. The van der Waals surface area contributed by atoms with Gasteiger partial charge in [-0.25, -0.2) is 4.79 Å². The highest BCUT2D eigenvalue weighted by Gasteiger charge is 2.33. The van der Waals surface area contributed by atoms with E-state index in [1.165, 1.54) is 5.56 Å². The third kappa shape index (κ3) is 6.20. The van der Waals surface area contributed by atoms with E-state index in [2.05, 4.69) is 60.8 Å². The molecular formula is C38H38N2O4. The van der Waals surface area contributed by atoms with Gasteiger partial charge in [-0.3, -0.25) is 0 Å². The van der Waals surface area contributed by atoms with Crippen molar-refractivity contribution in [3.63, 3.8) is 0 Å². The molecule has 2 amide bonds. The summed E-state index contributed by atoms with van der Waals surface area (Å²) in [6, 6.07) is 36.4. The molecule has 0 unspecified atom stereocenters. The number of urea groups is 1. The van der Waals surface area contributed by atoms with Crippen LogP contribution in [0.3, 0.4) is 0 Å². The van der Waals surface area contributed by atoms with Crippen molar-refractivity contribution in [1.82, 2.24) is 10.2 Å². The number of rotatable bonds is 9. The van der Waals surface area contributed by atoms with Crippen molar-refractivity contribution in [2.75, 3.05) is 20.8 Å². The van der Waals surface area contributed by atoms with Crippen LogP contribution in [-0.2, 0) is 19.4 Å². The van der Waals surface area contributed by atoms with E-state index in [-0.39, 0.29) is 18.1 Å². The summed E-state index contributed by atoms with van der Waals surface area (Å²) in [5.41, 5.74) is 5.53. The largest absolute Gasteiger partial charge is 0.497 e. The molecule has 0 bridgehead atoms. The molecule has 0 radical (unpaired) electrons. The highest BCUT2D eigenvalue weighted by Crippen LogP contribution is 2.40. The fraction of sp³-hybridized carbons (Fsp3) is 0.237. The number of fused-ring (bicyclic) bond motifs is 2. The maximum absolute atomic E-state index is 14.1. The maximum Gasteiger partial charge on any atom is 0.318 e. The van der Waals surface area contributed by atoms with Crippen molar-refractivity contribution >= 4 is 16.8 Å². The van der Waals surface area contributed by atoms with Crippen LogP contribution in [0.1, 0.15) is 46.8 Å². The molecule has 0 saturated carbocycles. The van der Waals surface area contributed by atoms with E-state index in [0.29, 0.717) is 31.1 Å². The molecule has 0 spiro atoms. The first-order valence-corrected chi connectivity index (χ1v) is 15.1. The van der Waals surface area contributed by atoms with Crippen LogP contribution in [0.2, 0.25) is 0 Å². The molecule has 6 nitrogen and oxygen atoms in total. The van der Waals surface area contributed by atoms with Crippen LogP contribution in [-0.4, -0.2) is 31.7 Å². The molecule has 5 aromatic rings. The number of nitrogens with zero attached hydrogens (tertiary/aromatic N) is 1. The molecule has 0 aliphatic carbocycles. The number of ether oxygens (including phenoxy) is 3. The fourth-order valence-electron chi connectivity index (χ4n) is 6.14. The number of carbonyl (C=O) groups excluding carboxylic acids is 1. The molecule has 2 atom stereocenters. The van der Waals surface area contributed by atoms with E-state index >= 15 is 0 Å². The lowest BCUT2D eigenvalue weighted by Crippen LogP contribution is -2.47. The van der Waals surface area contributed by atoms with Crippen LogP contribution in [0, 0.1) is 0 Å². The van der Waals surface area contributed by atoms with Crippen molar-refractivity contribution in [3.8, 4) is 17.2 Å². The first-order valence-electron chi connectivity index (χ1n) is 15.1. The Kier molecular flexibility index (Phi) is 8.69. The second-order valence-corrected chi connectivity index (χ2v) is 11.2. The minimum atomic E-state index is -0.197. The Labute approximate surface area is 259 Å². The first kappa shape index (κ1) is 29.1. The number of hydrogen-bond donors (Lipinski definition) is 1. The van der Waals surface area contributed by atoms with Gasteiger partial charge in [-0.05, 0) is 82.6 Å². The Morgan fingerprint density at radius 1 is 0.841 bits per heavy atom. The number of carbonyl (C=O) groups is 1. The number of nitrogens with one attached hydrogen (secondary N) is 1. The predicted octanol–water partition coefficient (Wildman–Crippen LogP) is 8.05. The van der Waals surface area contributed by atoms with E-state index in [9.17, 15) is 4.79 Å². The third-order valence-electron chi connectivity index (χ3n) is 8.50. The minimum Gasteiger partial charge on any atom is -0.497 e. The number of benzene rings is 5. The molecule has 0 fully saturated rings. The van der Waals surface area contributed by atoms with Crippen molar-refractivity contribution in [3.05, 3.63) is 137 Å². The lowest BCUT2D eigenvalue weighted by atomic mass is 9.88. The molecule has 1 aliphatic heterocycles. The van der Waals surface area contributed by atoms with Gasteiger partial charge in [0, 0.05) is 6.54 Å². The molecule has 0 aromatic heterocycles. The van der Waals surface area contributed by atoms with Gasteiger partial charge in [0.1, 0.15) is 12.4 Å². The van der Waals surface area contributed by atoms with Gasteiger partial charge in [0.2, 0.25) is 0 Å². The Morgan fingerprint density at radius 3 is 2.36 bits per heavy atom. The molecule has 224 valence electrons. The van der Waals surface area contributed by atoms with Gasteiger partial charge >= 0.3 is 6.03 Å². The standard InChI is InChI=1S/C38H38N2O4/c1-26(32-15-9-13-29-12-7-8-14-33(29)32)39-38(41)40-21-20-30-23-36(43-3)37(44-25-28-10-5-4-6-11-28)24-34(30)35(40)22-27-16-18-31(42-2)19-17-27/h4-19,23-24,26,35H,20-22,25H2,1-3H3,(H,39,41)/t26-,35-/m1/s1. The van der Waals surface area contributed by atoms with Crippen molar-refractivity contribution in [1.29, 1.82) is 0 Å². The van der Waals surface area contributed by atoms with Gasteiger partial charge in [0.25, 0.3) is 0 Å². The number of methoxy groups -OCH3 is 2. The zero-order chi connectivity index (χ0) is 30.5. The summed E-state index contributed by atoms with van der Waals surface area (Å²) < 4.78 is 17.5. The highest BCUT2D eigenvalue weighted by atomic mass is 16.5. The lowest BCUT2D eigenvalue weighted by Gasteiger charge is -2.38. The van der Waals surface area contributed by atoms with Crippen LogP contribution in [0.25, 0.3) is 10.8 Å². The van der Waals surface area contributed by atoms with Gasteiger partial charge in [0.15, 0.2) is 11.5 Å². The van der Waals surface area contributed by atoms with Crippen molar-refractivity contribution < 1.29 is 19.0 Å². The molecular weight excluding hydrogens is 548 g/mol. The van der Waals surface area contributed by atoms with Crippen molar-refractivity contribution in [2.45, 2.75) is 38.5 Å². The zero-order valence-electron chi connectivity index (χ0n) is 25.5. The average molecular weight is 587 g/mol. The Hall–Kier alpha value is -4.97. The van der Waals surface area contributed by atoms with E-state index < -0.39 is 0 Å². The summed E-state index contributed by atoms with van der Waals surface area (Å²) in [5.74, 6) is 2.17. The lowest BCUT2D eigenvalue weighted by molar-refractivity contribution is 0.165. The van der Waals surface area contributed by atoms with Crippen LogP contribution in [0.5, 0.6) is 17.2 Å². The molecule has 1 heterocycles. The maximum atomic E-state index is 14.1. The normalized spacial score (nSPS) is 14.9. The monoisotopic (exact) mass is 586 g/mol.